The molecule has 0 N–H and O–H groups in total. The van der Waals surface area contributed by atoms with E-state index in [-0.39, 0.29) is 32.7 Å². The third-order valence-corrected chi connectivity index (χ3v) is 3.74. The predicted molar refractivity (Wildman–Crippen MR) is 83.3 cm³/mol. The molecule has 1 radical (unpaired) electrons. The van der Waals surface area contributed by atoms with Gasteiger partial charge in [0, 0.05) is 38.3 Å². The Hall–Kier alpha value is -1.45. The molecule has 3 aromatic rings. The van der Waals surface area contributed by atoms with Crippen LogP contribution in [-0.4, -0.2) is 11.7 Å². The van der Waals surface area contributed by atoms with Gasteiger partial charge in [-0.05, 0) is 19.1 Å². The monoisotopic (exact) mass is 366 g/mol. The number of benzene rings is 1. The minimum absolute atomic E-state index is 0. The van der Waals surface area contributed by atoms with Crippen LogP contribution in [0.25, 0.3) is 22.8 Å². The molecule has 3 nitrogen and oxygen atoms in total. The van der Waals surface area contributed by atoms with Gasteiger partial charge in [0.05, 0.1) is 20.4 Å². The molecule has 0 spiro atoms. The molecule has 0 aliphatic rings. The second kappa shape index (κ2) is 6.76. The number of methoxy groups -OCH3 is 1. The van der Waals surface area contributed by atoms with Crippen LogP contribution >= 0.6 is 0 Å². The predicted octanol–water partition coefficient (Wildman–Crippen LogP) is 3.02. The van der Waals surface area contributed by atoms with E-state index in [1.54, 1.807) is 13.2 Å². The van der Waals surface area contributed by atoms with E-state index >= 15 is 0 Å². The van der Waals surface area contributed by atoms with E-state index in [2.05, 4.69) is 21.3 Å². The molecule has 4 heteroatoms. The number of ether oxygens (including phenoxy) is 1. The molecule has 0 aliphatic carbocycles. The first-order chi connectivity index (χ1) is 10.2. The van der Waals surface area contributed by atoms with Gasteiger partial charge in [-0.2, -0.15) is 6.07 Å². The summed E-state index contributed by atoms with van der Waals surface area (Å²) in [5, 5.41) is 1.03. The summed E-state index contributed by atoms with van der Waals surface area (Å²) in [5.41, 5.74) is 3.99. The average molecular weight is 366 g/mol. The Morgan fingerprint density at radius 2 is 2.05 bits per heavy atom. The van der Waals surface area contributed by atoms with Gasteiger partial charge in [0.15, 0.2) is 5.65 Å². The number of aromatic nitrogens is 2. The molecule has 0 aliphatic heterocycles. The molecule has 0 amide bonds. The molecule has 0 unspecified atom stereocenters. The fraction of sp³-hybridized carbons (Fsp3) is 0.167. The van der Waals surface area contributed by atoms with E-state index in [1.165, 1.54) is 0 Å². The van der Waals surface area contributed by atoms with Crippen molar-refractivity contribution >= 4 is 17.1 Å². The number of aryl methyl sites for hydroxylation is 1. The van der Waals surface area contributed by atoms with E-state index in [9.17, 15) is 0 Å². The maximum atomic E-state index is 5.80. The van der Waals surface area contributed by atoms with Crippen LogP contribution in [0.1, 0.15) is 11.3 Å². The quantitative estimate of drug-likeness (QED) is 0.515. The van der Waals surface area contributed by atoms with Gasteiger partial charge >= 0.3 is 0 Å². The molecule has 3 rings (SSSR count). The standard InChI is InChI=1S/C18H17N2O.Y/c1-5-15-12-14-8-7-11-19(3)18(14)20(15)16-9-6-10-17(21-4)13(16)2;/h1,5-11H,2-4H3;/q-1;. The van der Waals surface area contributed by atoms with Gasteiger partial charge in [-0.15, -0.1) is 11.8 Å². The molecule has 0 atom stereocenters. The van der Waals surface area contributed by atoms with Crippen molar-refractivity contribution in [3.63, 3.8) is 0 Å². The number of hydrogen-bond acceptors (Lipinski definition) is 1. The molecular formula is C18H17N2OY-. The van der Waals surface area contributed by atoms with Gasteiger partial charge in [-0.1, -0.05) is 17.5 Å². The fourth-order valence-corrected chi connectivity index (χ4v) is 2.71. The topological polar surface area (TPSA) is 18.0 Å². The first-order valence-electron chi connectivity index (χ1n) is 6.78. The molecule has 0 fully saturated rings. The summed E-state index contributed by atoms with van der Waals surface area (Å²) in [6.45, 7) is 7.85. The third kappa shape index (κ3) is 2.64. The summed E-state index contributed by atoms with van der Waals surface area (Å²) < 4.78 is 9.60. The second-order valence-corrected chi connectivity index (χ2v) is 4.97. The van der Waals surface area contributed by atoms with Gasteiger partial charge in [0.25, 0.3) is 0 Å². The van der Waals surface area contributed by atoms with Gasteiger partial charge in [0.2, 0.25) is 0 Å². The summed E-state index contributed by atoms with van der Waals surface area (Å²) in [6.07, 6.45) is 3.60. The largest absolute Gasteiger partial charge is 0.496 e. The van der Waals surface area contributed by atoms with E-state index < -0.39 is 0 Å². The Kier molecular flexibility index (Phi) is 5.20. The maximum Gasteiger partial charge on any atom is 0.193 e. The summed E-state index contributed by atoms with van der Waals surface area (Å²) in [6, 6.07) is 13.4. The van der Waals surface area contributed by atoms with Crippen molar-refractivity contribution in [2.75, 3.05) is 7.11 Å². The van der Waals surface area contributed by atoms with E-state index in [1.807, 2.05) is 44.4 Å². The van der Waals surface area contributed by atoms with Crippen LogP contribution in [0.3, 0.4) is 0 Å². The summed E-state index contributed by atoms with van der Waals surface area (Å²) in [7, 11) is 3.70. The zero-order chi connectivity index (χ0) is 15.0. The van der Waals surface area contributed by atoms with E-state index in [0.717, 1.165) is 33.7 Å². The van der Waals surface area contributed by atoms with Crippen molar-refractivity contribution in [3.05, 3.63) is 60.4 Å². The van der Waals surface area contributed by atoms with Crippen molar-refractivity contribution in [2.24, 2.45) is 7.05 Å². The molecule has 0 saturated heterocycles. The van der Waals surface area contributed by atoms with Gasteiger partial charge in [-0.3, -0.25) is 10.6 Å². The van der Waals surface area contributed by atoms with Crippen molar-refractivity contribution in [3.8, 4) is 11.4 Å². The Balaban J connectivity index is 0.00000176. The van der Waals surface area contributed by atoms with Crippen LogP contribution in [0.5, 0.6) is 5.75 Å². The van der Waals surface area contributed by atoms with Crippen LogP contribution in [-0.2, 0) is 39.8 Å². The third-order valence-electron chi connectivity index (χ3n) is 3.74. The molecular weight excluding hydrogens is 349 g/mol. The molecule has 0 bridgehead atoms. The Labute approximate surface area is 156 Å². The Morgan fingerprint density at radius 1 is 1.27 bits per heavy atom. The first-order valence-corrected chi connectivity index (χ1v) is 6.78. The number of pyridine rings is 1. The smallest absolute Gasteiger partial charge is 0.193 e. The maximum absolute atomic E-state index is 5.80. The average Bonchev–Trinajstić information content (AvgIpc) is 2.87. The van der Waals surface area contributed by atoms with E-state index in [0.29, 0.717) is 0 Å². The van der Waals surface area contributed by atoms with Crippen molar-refractivity contribution < 1.29 is 42.0 Å². The summed E-state index contributed by atoms with van der Waals surface area (Å²) in [5.74, 6) is 0.857. The van der Waals surface area contributed by atoms with Crippen LogP contribution in [0.2, 0.25) is 0 Å². The molecule has 2 aromatic heterocycles. The van der Waals surface area contributed by atoms with E-state index in [4.69, 9.17) is 11.3 Å². The molecule has 1 aromatic carbocycles. The van der Waals surface area contributed by atoms with Crippen LogP contribution in [0.4, 0.5) is 0 Å². The van der Waals surface area contributed by atoms with Crippen molar-refractivity contribution in [1.82, 2.24) is 4.57 Å². The minimum Gasteiger partial charge on any atom is -0.496 e. The molecule has 2 heterocycles. The van der Waals surface area contributed by atoms with Crippen molar-refractivity contribution in [2.45, 2.75) is 6.92 Å². The Bertz CT molecular complexity index is 836. The van der Waals surface area contributed by atoms with Crippen LogP contribution < -0.4 is 9.30 Å². The zero-order valence-electron chi connectivity index (χ0n) is 13.0. The van der Waals surface area contributed by atoms with Crippen molar-refractivity contribution in [1.29, 1.82) is 0 Å². The molecule has 109 valence electrons. The van der Waals surface area contributed by atoms with Gasteiger partial charge < -0.3 is 15.9 Å². The summed E-state index contributed by atoms with van der Waals surface area (Å²) >= 11 is 0. The van der Waals surface area contributed by atoms with Gasteiger partial charge in [-0.25, -0.2) is 0 Å². The fourth-order valence-electron chi connectivity index (χ4n) is 2.71. The minimum atomic E-state index is 0. The van der Waals surface area contributed by atoms with Gasteiger partial charge in [0.1, 0.15) is 11.4 Å². The van der Waals surface area contributed by atoms with Crippen LogP contribution in [0.15, 0.2) is 36.5 Å². The number of rotatable bonds is 3. The van der Waals surface area contributed by atoms with Crippen LogP contribution in [0, 0.1) is 19.6 Å². The molecule has 22 heavy (non-hydrogen) atoms. The number of nitrogens with zero attached hydrogens (tertiary/aromatic N) is 2. The number of fused-ring (bicyclic) bond motifs is 1. The summed E-state index contributed by atoms with van der Waals surface area (Å²) in [4.78, 5) is 0. The Morgan fingerprint density at radius 3 is 2.73 bits per heavy atom. The first kappa shape index (κ1) is 16.9. The normalized spacial score (nSPS) is 10.3. The zero-order valence-corrected chi connectivity index (χ0v) is 15.8. The SMILES string of the molecule is [CH-]=Cc1[c-]c2ccc[n+](C)c2n1-c1cccc(OC)c1C.[Y]. The second-order valence-electron chi connectivity index (χ2n) is 4.97. The molecule has 0 saturated carbocycles. The number of hydrogen-bond donors (Lipinski definition) is 0.